The number of alkyl halides is 3. The second-order valence-corrected chi connectivity index (χ2v) is 9.17. The van der Waals surface area contributed by atoms with Crippen molar-refractivity contribution < 1.29 is 31.1 Å². The van der Waals surface area contributed by atoms with Gasteiger partial charge in [0.25, 0.3) is 15.9 Å². The number of hydrogen-bond acceptors (Lipinski definition) is 4. The molecule has 0 aliphatic rings. The van der Waals surface area contributed by atoms with Gasteiger partial charge < -0.3 is 10.1 Å². The number of rotatable bonds is 7. The Morgan fingerprint density at radius 2 is 1.55 bits per heavy atom. The molecule has 3 rings (SSSR count). The molecular formula is C21H15Cl2F3N2O4S. The van der Waals surface area contributed by atoms with E-state index in [1.807, 2.05) is 0 Å². The number of nitrogens with one attached hydrogen (secondary N) is 2. The van der Waals surface area contributed by atoms with Gasteiger partial charge in [-0.25, -0.2) is 8.42 Å². The van der Waals surface area contributed by atoms with E-state index in [9.17, 15) is 26.4 Å². The van der Waals surface area contributed by atoms with Gasteiger partial charge in [0.15, 0.2) is 6.61 Å². The Hall–Kier alpha value is -2.95. The van der Waals surface area contributed by atoms with E-state index in [-0.39, 0.29) is 26.4 Å². The van der Waals surface area contributed by atoms with Gasteiger partial charge in [-0.2, -0.15) is 13.2 Å². The molecule has 12 heteroatoms. The first-order chi connectivity index (χ1) is 15.4. The van der Waals surface area contributed by atoms with Crippen molar-refractivity contribution >= 4 is 50.5 Å². The van der Waals surface area contributed by atoms with E-state index in [0.717, 1.165) is 12.1 Å². The second kappa shape index (κ2) is 9.90. The lowest BCUT2D eigenvalue weighted by molar-refractivity contribution is -0.137. The van der Waals surface area contributed by atoms with Crippen LogP contribution in [0, 0.1) is 0 Å². The van der Waals surface area contributed by atoms with Crippen molar-refractivity contribution in [2.45, 2.75) is 11.1 Å². The van der Waals surface area contributed by atoms with Crippen LogP contribution in [-0.4, -0.2) is 20.9 Å². The highest BCUT2D eigenvalue weighted by Crippen LogP contribution is 2.34. The van der Waals surface area contributed by atoms with Crippen LogP contribution in [0.3, 0.4) is 0 Å². The molecule has 33 heavy (non-hydrogen) atoms. The summed E-state index contributed by atoms with van der Waals surface area (Å²) in [4.78, 5) is 11.9. The van der Waals surface area contributed by atoms with Gasteiger partial charge in [0.05, 0.1) is 21.8 Å². The lowest BCUT2D eigenvalue weighted by atomic mass is 10.1. The molecule has 0 atom stereocenters. The minimum Gasteiger partial charge on any atom is -0.484 e. The van der Waals surface area contributed by atoms with Gasteiger partial charge >= 0.3 is 6.18 Å². The summed E-state index contributed by atoms with van der Waals surface area (Å²) >= 11 is 11.7. The molecule has 0 bridgehead atoms. The molecule has 0 unspecified atom stereocenters. The third-order valence-corrected chi connectivity index (χ3v) is 5.96. The third-order valence-electron chi connectivity index (χ3n) is 4.13. The molecule has 0 saturated heterocycles. The number of anilines is 2. The number of carbonyl (C=O) groups excluding carboxylic acids is 1. The topological polar surface area (TPSA) is 84.5 Å². The van der Waals surface area contributed by atoms with E-state index >= 15 is 0 Å². The van der Waals surface area contributed by atoms with Crippen LogP contribution in [0.2, 0.25) is 10.0 Å². The molecule has 0 heterocycles. The van der Waals surface area contributed by atoms with Crippen LogP contribution in [0.5, 0.6) is 5.75 Å². The predicted octanol–water partition coefficient (Wildman–Crippen LogP) is 5.83. The Labute approximate surface area is 197 Å². The Morgan fingerprint density at radius 1 is 0.939 bits per heavy atom. The summed E-state index contributed by atoms with van der Waals surface area (Å²) < 4.78 is 71.7. The number of carbonyl (C=O) groups is 1. The number of ether oxygens (including phenoxy) is 1. The Kier molecular flexibility index (Phi) is 7.41. The van der Waals surface area contributed by atoms with Crippen molar-refractivity contribution in [3.63, 3.8) is 0 Å². The van der Waals surface area contributed by atoms with Crippen LogP contribution < -0.4 is 14.8 Å². The maximum absolute atomic E-state index is 13.0. The maximum atomic E-state index is 13.0. The normalized spacial score (nSPS) is 11.7. The fraction of sp³-hybridized carbons (Fsp3) is 0.0952. The SMILES string of the molecule is O=C(COc1ccc(S(=O)(=O)Nc2cc(Cl)cc(Cl)c2)cc1)Nc1ccccc1C(F)(F)F. The first kappa shape index (κ1) is 24.7. The van der Waals surface area contributed by atoms with E-state index in [2.05, 4.69) is 10.0 Å². The summed E-state index contributed by atoms with van der Waals surface area (Å²) in [5.74, 6) is -0.679. The smallest absolute Gasteiger partial charge is 0.418 e. The van der Waals surface area contributed by atoms with E-state index in [1.165, 1.54) is 54.6 Å². The number of hydrogen-bond donors (Lipinski definition) is 2. The lowest BCUT2D eigenvalue weighted by Gasteiger charge is -2.14. The lowest BCUT2D eigenvalue weighted by Crippen LogP contribution is -2.22. The number of para-hydroxylation sites is 1. The molecule has 2 N–H and O–H groups in total. The predicted molar refractivity (Wildman–Crippen MR) is 119 cm³/mol. The van der Waals surface area contributed by atoms with E-state index < -0.39 is 40.0 Å². The van der Waals surface area contributed by atoms with Crippen LogP contribution in [0.15, 0.2) is 71.6 Å². The minimum atomic E-state index is -4.63. The zero-order valence-corrected chi connectivity index (χ0v) is 18.8. The second-order valence-electron chi connectivity index (χ2n) is 6.62. The number of amides is 1. The fourth-order valence-corrected chi connectivity index (χ4v) is 4.28. The highest BCUT2D eigenvalue weighted by Gasteiger charge is 2.33. The molecule has 0 aliphatic heterocycles. The van der Waals surface area contributed by atoms with Crippen molar-refractivity contribution in [2.24, 2.45) is 0 Å². The van der Waals surface area contributed by atoms with Crippen molar-refractivity contribution in [1.29, 1.82) is 0 Å². The monoisotopic (exact) mass is 518 g/mol. The molecule has 3 aromatic carbocycles. The zero-order chi connectivity index (χ0) is 24.2. The van der Waals surface area contributed by atoms with Crippen LogP contribution in [-0.2, 0) is 21.0 Å². The standard InChI is InChI=1S/C21H15Cl2F3N2O4S/c22-13-9-14(23)11-15(10-13)28-33(30,31)17-7-5-16(6-8-17)32-12-20(29)27-19-4-2-1-3-18(19)21(24,25)26/h1-11,28H,12H2,(H,27,29). The maximum Gasteiger partial charge on any atom is 0.418 e. The van der Waals surface area contributed by atoms with Crippen LogP contribution in [0.4, 0.5) is 24.5 Å². The van der Waals surface area contributed by atoms with E-state index in [1.54, 1.807) is 0 Å². The van der Waals surface area contributed by atoms with Crippen molar-refractivity contribution in [3.8, 4) is 5.75 Å². The molecule has 174 valence electrons. The van der Waals surface area contributed by atoms with Gasteiger partial charge in [-0.1, -0.05) is 35.3 Å². The van der Waals surface area contributed by atoms with Gasteiger partial charge in [-0.15, -0.1) is 0 Å². The molecule has 3 aromatic rings. The molecule has 0 saturated carbocycles. The summed E-state index contributed by atoms with van der Waals surface area (Å²) in [6.45, 7) is -0.586. The van der Waals surface area contributed by atoms with Gasteiger partial charge in [0.2, 0.25) is 0 Å². The van der Waals surface area contributed by atoms with Gasteiger partial charge in [-0.3, -0.25) is 9.52 Å². The quantitative estimate of drug-likeness (QED) is 0.412. The Morgan fingerprint density at radius 3 is 2.15 bits per heavy atom. The zero-order valence-electron chi connectivity index (χ0n) is 16.5. The van der Waals surface area contributed by atoms with E-state index in [4.69, 9.17) is 27.9 Å². The first-order valence-corrected chi connectivity index (χ1v) is 11.4. The average Bonchev–Trinajstić information content (AvgIpc) is 2.71. The van der Waals surface area contributed by atoms with Crippen molar-refractivity contribution in [3.05, 3.63) is 82.3 Å². The number of benzene rings is 3. The number of sulfonamides is 1. The highest BCUT2D eigenvalue weighted by atomic mass is 35.5. The van der Waals surface area contributed by atoms with Crippen molar-refractivity contribution in [1.82, 2.24) is 0 Å². The largest absolute Gasteiger partial charge is 0.484 e. The van der Waals surface area contributed by atoms with Crippen LogP contribution in [0.25, 0.3) is 0 Å². The summed E-state index contributed by atoms with van der Waals surface area (Å²) in [7, 11) is -3.96. The average molecular weight is 519 g/mol. The molecule has 6 nitrogen and oxygen atoms in total. The molecule has 0 spiro atoms. The molecule has 0 fully saturated rings. The Balaban J connectivity index is 1.62. The Bertz CT molecular complexity index is 1250. The molecule has 0 aliphatic carbocycles. The summed E-state index contributed by atoms with van der Waals surface area (Å²) in [6.07, 6.45) is -4.63. The summed E-state index contributed by atoms with van der Waals surface area (Å²) in [5.41, 5.74) is -1.21. The molecule has 0 aromatic heterocycles. The summed E-state index contributed by atoms with van der Waals surface area (Å²) in [6, 6.07) is 13.8. The minimum absolute atomic E-state index is 0.102. The first-order valence-electron chi connectivity index (χ1n) is 9.12. The molecular weight excluding hydrogens is 504 g/mol. The third kappa shape index (κ3) is 6.77. The van der Waals surface area contributed by atoms with Crippen LogP contribution >= 0.6 is 23.2 Å². The fourth-order valence-electron chi connectivity index (χ4n) is 2.72. The molecule has 0 radical (unpaired) electrons. The van der Waals surface area contributed by atoms with Gasteiger partial charge in [0.1, 0.15) is 5.75 Å². The van der Waals surface area contributed by atoms with Crippen molar-refractivity contribution in [2.75, 3.05) is 16.6 Å². The van der Waals surface area contributed by atoms with Gasteiger partial charge in [0, 0.05) is 10.0 Å². The highest BCUT2D eigenvalue weighted by molar-refractivity contribution is 7.92. The summed E-state index contributed by atoms with van der Waals surface area (Å²) in [5, 5.41) is 2.65. The number of halogens is 5. The van der Waals surface area contributed by atoms with E-state index in [0.29, 0.717) is 0 Å². The van der Waals surface area contributed by atoms with Gasteiger partial charge in [-0.05, 0) is 54.6 Å². The van der Waals surface area contributed by atoms with Crippen LogP contribution in [0.1, 0.15) is 5.56 Å². The molecule has 1 amide bonds.